The highest BCUT2D eigenvalue weighted by molar-refractivity contribution is 5.91. The first-order valence-electron chi connectivity index (χ1n) is 7.38. The van der Waals surface area contributed by atoms with Gasteiger partial charge in [-0.3, -0.25) is 13.8 Å². The molecular formula is C17H14N6O. The van der Waals surface area contributed by atoms with Crippen molar-refractivity contribution in [3.05, 3.63) is 66.5 Å². The SMILES string of the molecule is Cc1cccc(-c2nccn2-c2ccc3ncc(C(N)=O)n3c2)n1. The topological polar surface area (TPSA) is 91.1 Å². The summed E-state index contributed by atoms with van der Waals surface area (Å²) in [5.74, 6) is 0.199. The number of pyridine rings is 2. The quantitative estimate of drug-likeness (QED) is 0.625. The van der Waals surface area contributed by atoms with E-state index in [1.807, 2.05) is 54.2 Å². The predicted molar refractivity (Wildman–Crippen MR) is 88.8 cm³/mol. The Bertz CT molecular complexity index is 1060. The fraction of sp³-hybridized carbons (Fsp3) is 0.0588. The van der Waals surface area contributed by atoms with Gasteiger partial charge in [-0.2, -0.15) is 0 Å². The molecule has 0 fully saturated rings. The Balaban J connectivity index is 1.88. The lowest BCUT2D eigenvalue weighted by Gasteiger charge is -2.09. The number of nitrogens with two attached hydrogens (primary N) is 1. The van der Waals surface area contributed by atoms with Crippen LogP contribution in [0.5, 0.6) is 0 Å². The van der Waals surface area contributed by atoms with Crippen LogP contribution in [0.3, 0.4) is 0 Å². The molecule has 0 aliphatic heterocycles. The number of carbonyl (C=O) groups excluding carboxylic acids is 1. The van der Waals surface area contributed by atoms with E-state index in [1.54, 1.807) is 10.6 Å². The number of carbonyl (C=O) groups is 1. The Kier molecular flexibility index (Phi) is 3.13. The van der Waals surface area contributed by atoms with Crippen LogP contribution >= 0.6 is 0 Å². The molecule has 7 heteroatoms. The van der Waals surface area contributed by atoms with Gasteiger partial charge in [0.05, 0.1) is 11.9 Å². The van der Waals surface area contributed by atoms with Gasteiger partial charge >= 0.3 is 0 Å². The number of imidazole rings is 2. The Morgan fingerprint density at radius 1 is 1.17 bits per heavy atom. The van der Waals surface area contributed by atoms with E-state index in [1.165, 1.54) is 6.20 Å². The molecule has 0 atom stereocenters. The van der Waals surface area contributed by atoms with Gasteiger partial charge in [0.15, 0.2) is 5.82 Å². The molecule has 0 aliphatic carbocycles. The third kappa shape index (κ3) is 2.23. The molecule has 4 heterocycles. The third-order valence-corrected chi connectivity index (χ3v) is 3.78. The van der Waals surface area contributed by atoms with Crippen molar-refractivity contribution in [2.24, 2.45) is 5.73 Å². The zero-order chi connectivity index (χ0) is 16.7. The Morgan fingerprint density at radius 2 is 2.04 bits per heavy atom. The molecule has 0 radical (unpaired) electrons. The lowest BCUT2D eigenvalue weighted by molar-refractivity contribution is 0.0995. The van der Waals surface area contributed by atoms with Crippen LogP contribution < -0.4 is 5.73 Å². The standard InChI is InChI=1S/C17H14N6O/c1-11-3-2-4-13(21-11)17-19-7-8-22(17)12-5-6-15-20-9-14(16(18)24)23(15)10-12/h2-10H,1H3,(H2,18,24). The van der Waals surface area contributed by atoms with E-state index in [0.29, 0.717) is 11.3 Å². The molecule has 0 aliphatic rings. The Hall–Kier alpha value is -3.48. The number of hydrogen-bond acceptors (Lipinski definition) is 4. The van der Waals surface area contributed by atoms with Crippen molar-refractivity contribution in [2.75, 3.05) is 0 Å². The van der Waals surface area contributed by atoms with Gasteiger partial charge in [0, 0.05) is 24.3 Å². The molecule has 0 aromatic carbocycles. The summed E-state index contributed by atoms with van der Waals surface area (Å²) < 4.78 is 3.58. The summed E-state index contributed by atoms with van der Waals surface area (Å²) in [5, 5.41) is 0. The summed E-state index contributed by atoms with van der Waals surface area (Å²) in [6.45, 7) is 1.94. The molecule has 7 nitrogen and oxygen atoms in total. The number of amides is 1. The van der Waals surface area contributed by atoms with Gasteiger partial charge in [0.2, 0.25) is 0 Å². The van der Waals surface area contributed by atoms with Crippen molar-refractivity contribution >= 4 is 11.6 Å². The number of aryl methyl sites for hydroxylation is 1. The van der Waals surface area contributed by atoms with Crippen LogP contribution in [0.2, 0.25) is 0 Å². The molecule has 0 bridgehead atoms. The molecule has 2 N–H and O–H groups in total. The lowest BCUT2D eigenvalue weighted by atomic mass is 10.3. The van der Waals surface area contributed by atoms with Crippen molar-refractivity contribution in [3.8, 4) is 17.2 Å². The first kappa shape index (κ1) is 14.1. The number of nitrogens with zero attached hydrogens (tertiary/aromatic N) is 5. The second kappa shape index (κ2) is 5.31. The fourth-order valence-corrected chi connectivity index (χ4v) is 2.66. The molecule has 0 spiro atoms. The Morgan fingerprint density at radius 3 is 2.83 bits per heavy atom. The van der Waals surface area contributed by atoms with Crippen LogP contribution in [0.1, 0.15) is 16.2 Å². The van der Waals surface area contributed by atoms with E-state index in [4.69, 9.17) is 5.73 Å². The van der Waals surface area contributed by atoms with Crippen LogP contribution in [-0.4, -0.2) is 29.8 Å². The molecule has 4 rings (SSSR count). The van der Waals surface area contributed by atoms with Crippen molar-refractivity contribution in [1.29, 1.82) is 0 Å². The van der Waals surface area contributed by atoms with Crippen LogP contribution in [0.4, 0.5) is 0 Å². The van der Waals surface area contributed by atoms with Crippen LogP contribution in [-0.2, 0) is 0 Å². The normalized spacial score (nSPS) is 11.0. The van der Waals surface area contributed by atoms with E-state index in [-0.39, 0.29) is 0 Å². The molecular weight excluding hydrogens is 304 g/mol. The minimum atomic E-state index is -0.522. The number of rotatable bonds is 3. The zero-order valence-corrected chi connectivity index (χ0v) is 12.9. The van der Waals surface area contributed by atoms with Crippen molar-refractivity contribution < 1.29 is 4.79 Å². The second-order valence-electron chi connectivity index (χ2n) is 5.41. The Labute approximate surface area is 137 Å². The summed E-state index contributed by atoms with van der Waals surface area (Å²) >= 11 is 0. The molecule has 4 aromatic rings. The van der Waals surface area contributed by atoms with Crippen molar-refractivity contribution in [3.63, 3.8) is 0 Å². The smallest absolute Gasteiger partial charge is 0.267 e. The maximum Gasteiger partial charge on any atom is 0.267 e. The lowest BCUT2D eigenvalue weighted by Crippen LogP contribution is -2.13. The number of hydrogen-bond donors (Lipinski definition) is 1. The predicted octanol–water partition coefficient (Wildman–Crippen LogP) is 1.99. The van der Waals surface area contributed by atoms with Gasteiger partial charge in [-0.15, -0.1) is 0 Å². The second-order valence-corrected chi connectivity index (χ2v) is 5.41. The van der Waals surface area contributed by atoms with Gasteiger partial charge in [0.1, 0.15) is 17.0 Å². The van der Waals surface area contributed by atoms with Gasteiger partial charge < -0.3 is 5.73 Å². The molecule has 24 heavy (non-hydrogen) atoms. The minimum Gasteiger partial charge on any atom is -0.364 e. The summed E-state index contributed by atoms with van der Waals surface area (Å²) in [6.07, 6.45) is 6.84. The van der Waals surface area contributed by atoms with Crippen LogP contribution in [0, 0.1) is 6.92 Å². The number of primary amides is 1. The van der Waals surface area contributed by atoms with E-state index < -0.39 is 5.91 Å². The first-order valence-corrected chi connectivity index (χ1v) is 7.38. The highest BCUT2D eigenvalue weighted by atomic mass is 16.1. The van der Waals surface area contributed by atoms with Crippen molar-refractivity contribution in [2.45, 2.75) is 6.92 Å². The molecule has 118 valence electrons. The molecule has 4 aromatic heterocycles. The summed E-state index contributed by atoms with van der Waals surface area (Å²) in [7, 11) is 0. The molecule has 0 saturated heterocycles. The van der Waals surface area contributed by atoms with Crippen LogP contribution in [0.25, 0.3) is 22.9 Å². The van der Waals surface area contributed by atoms with Gasteiger partial charge in [0.25, 0.3) is 5.91 Å². The largest absolute Gasteiger partial charge is 0.364 e. The van der Waals surface area contributed by atoms with Crippen molar-refractivity contribution in [1.82, 2.24) is 23.9 Å². The fourth-order valence-electron chi connectivity index (χ4n) is 2.66. The summed E-state index contributed by atoms with van der Waals surface area (Å²) in [4.78, 5) is 24.6. The maximum atomic E-state index is 11.5. The number of aromatic nitrogens is 5. The van der Waals surface area contributed by atoms with Crippen LogP contribution in [0.15, 0.2) is 55.1 Å². The average molecular weight is 318 g/mol. The molecule has 0 unspecified atom stereocenters. The molecule has 0 saturated carbocycles. The van der Waals surface area contributed by atoms with Gasteiger partial charge in [-0.25, -0.2) is 15.0 Å². The highest BCUT2D eigenvalue weighted by Gasteiger charge is 2.12. The van der Waals surface area contributed by atoms with Gasteiger partial charge in [-0.1, -0.05) is 6.07 Å². The molecule has 1 amide bonds. The van der Waals surface area contributed by atoms with E-state index >= 15 is 0 Å². The third-order valence-electron chi connectivity index (χ3n) is 3.78. The van der Waals surface area contributed by atoms with E-state index in [9.17, 15) is 4.79 Å². The summed E-state index contributed by atoms with van der Waals surface area (Å²) in [6, 6.07) is 9.54. The maximum absolute atomic E-state index is 11.5. The zero-order valence-electron chi connectivity index (χ0n) is 12.9. The summed E-state index contributed by atoms with van der Waals surface area (Å²) in [5.41, 5.74) is 8.92. The van der Waals surface area contributed by atoms with E-state index in [2.05, 4.69) is 15.0 Å². The monoisotopic (exact) mass is 318 g/mol. The number of fused-ring (bicyclic) bond motifs is 1. The van der Waals surface area contributed by atoms with E-state index in [0.717, 1.165) is 22.9 Å². The average Bonchev–Trinajstić information content (AvgIpc) is 3.21. The first-order chi connectivity index (χ1) is 11.6. The highest BCUT2D eigenvalue weighted by Crippen LogP contribution is 2.21. The van der Waals surface area contributed by atoms with Gasteiger partial charge in [-0.05, 0) is 31.2 Å². The minimum absolute atomic E-state index is 0.335.